The number of ether oxygens (including phenoxy) is 1. The Balaban J connectivity index is 2.04. The number of carbonyl (C=O) groups excluding carboxylic acids is 1. The molecule has 0 spiro atoms. The summed E-state index contributed by atoms with van der Waals surface area (Å²) >= 11 is 0.883. The zero-order valence-corrected chi connectivity index (χ0v) is 16.0. The summed E-state index contributed by atoms with van der Waals surface area (Å²) in [7, 11) is 0. The van der Waals surface area contributed by atoms with Gasteiger partial charge in [0.15, 0.2) is 0 Å². The topological polar surface area (TPSA) is 67.0 Å². The van der Waals surface area contributed by atoms with Crippen LogP contribution in [0, 0.1) is 0 Å². The number of nitrogens with zero attached hydrogens (tertiary/aromatic N) is 1. The Labute approximate surface area is 167 Å². The van der Waals surface area contributed by atoms with Gasteiger partial charge < -0.3 is 9.72 Å². The van der Waals surface area contributed by atoms with E-state index in [9.17, 15) is 18.0 Å². The molecule has 0 saturated heterocycles. The minimum atomic E-state index is -4.89. The van der Waals surface area contributed by atoms with E-state index < -0.39 is 17.8 Å². The highest BCUT2D eigenvalue weighted by Crippen LogP contribution is 2.48. The molecule has 0 saturated carbocycles. The zero-order chi connectivity index (χ0) is 20.6. The standard InChI is InChI=1S/C20H16F3N3O2S/c1-2-28-18(27)26-19(20(21,22)23,13-11-24-14-8-4-3-7-12(13)14)17-25-15-9-5-6-10-16(15)29-17/h3-11,24H,2H2,1H3,(H,26,27)/t19-/m0/s1. The molecule has 1 atom stereocenters. The van der Waals surface area contributed by atoms with Gasteiger partial charge in [0.25, 0.3) is 0 Å². The molecule has 0 aliphatic heterocycles. The number of amides is 1. The van der Waals surface area contributed by atoms with Crippen molar-refractivity contribution in [3.63, 3.8) is 0 Å². The predicted molar refractivity (Wildman–Crippen MR) is 105 cm³/mol. The van der Waals surface area contributed by atoms with Crippen molar-refractivity contribution in [1.29, 1.82) is 0 Å². The Morgan fingerprint density at radius 2 is 1.90 bits per heavy atom. The van der Waals surface area contributed by atoms with Crippen LogP contribution < -0.4 is 5.32 Å². The lowest BCUT2D eigenvalue weighted by Crippen LogP contribution is -2.57. The highest BCUT2D eigenvalue weighted by atomic mass is 32.1. The second-order valence-corrected chi connectivity index (χ2v) is 7.36. The lowest BCUT2D eigenvalue weighted by Gasteiger charge is -2.34. The van der Waals surface area contributed by atoms with E-state index in [1.807, 2.05) is 0 Å². The average Bonchev–Trinajstić information content (AvgIpc) is 3.30. The van der Waals surface area contributed by atoms with E-state index in [0.29, 0.717) is 21.1 Å². The first-order valence-corrected chi connectivity index (χ1v) is 9.62. The molecular weight excluding hydrogens is 403 g/mol. The van der Waals surface area contributed by atoms with Crippen LogP contribution in [0.5, 0.6) is 0 Å². The van der Waals surface area contributed by atoms with Crippen molar-refractivity contribution in [1.82, 2.24) is 15.3 Å². The van der Waals surface area contributed by atoms with Gasteiger partial charge in [0.05, 0.1) is 16.8 Å². The fourth-order valence-electron chi connectivity index (χ4n) is 3.32. The highest BCUT2D eigenvalue weighted by Gasteiger charge is 2.61. The van der Waals surface area contributed by atoms with Gasteiger partial charge in [-0.3, -0.25) is 5.32 Å². The van der Waals surface area contributed by atoms with Gasteiger partial charge in [-0.25, -0.2) is 9.78 Å². The molecule has 2 aromatic heterocycles. The second-order valence-electron chi connectivity index (χ2n) is 6.33. The van der Waals surface area contributed by atoms with Crippen LogP contribution in [-0.2, 0) is 10.3 Å². The van der Waals surface area contributed by atoms with Gasteiger partial charge in [0.1, 0.15) is 5.01 Å². The Kier molecular flexibility index (Phi) is 4.70. The van der Waals surface area contributed by atoms with Gasteiger partial charge >= 0.3 is 12.3 Å². The molecule has 0 fully saturated rings. The van der Waals surface area contributed by atoms with Gasteiger partial charge in [-0.05, 0) is 25.1 Å². The molecule has 0 aliphatic rings. The number of carbonyl (C=O) groups is 1. The quantitative estimate of drug-likeness (QED) is 0.470. The van der Waals surface area contributed by atoms with E-state index in [0.717, 1.165) is 11.3 Å². The lowest BCUT2D eigenvalue weighted by atomic mass is 9.89. The molecule has 0 bridgehead atoms. The first kappa shape index (κ1) is 19.3. The highest BCUT2D eigenvalue weighted by molar-refractivity contribution is 7.18. The third kappa shape index (κ3) is 3.11. The summed E-state index contributed by atoms with van der Waals surface area (Å²) in [5.74, 6) is 0. The number of rotatable bonds is 4. The minimum Gasteiger partial charge on any atom is -0.450 e. The van der Waals surface area contributed by atoms with E-state index in [1.54, 1.807) is 48.5 Å². The molecule has 4 rings (SSSR count). The van der Waals surface area contributed by atoms with Crippen LogP contribution in [0.25, 0.3) is 21.1 Å². The number of fused-ring (bicyclic) bond motifs is 2. The second kappa shape index (κ2) is 7.07. The fourth-order valence-corrected chi connectivity index (χ4v) is 4.46. The average molecular weight is 419 g/mol. The van der Waals surface area contributed by atoms with Gasteiger partial charge in [-0.2, -0.15) is 13.2 Å². The van der Waals surface area contributed by atoms with E-state index in [2.05, 4.69) is 15.3 Å². The smallest absolute Gasteiger partial charge is 0.422 e. The van der Waals surface area contributed by atoms with Gasteiger partial charge in [-0.1, -0.05) is 30.3 Å². The number of halogens is 3. The summed E-state index contributed by atoms with van der Waals surface area (Å²) in [6, 6.07) is 13.4. The molecule has 0 aliphatic carbocycles. The molecule has 1 amide bonds. The molecule has 150 valence electrons. The first-order valence-electron chi connectivity index (χ1n) is 8.81. The molecule has 5 nitrogen and oxygen atoms in total. The molecule has 2 heterocycles. The molecular formula is C20H16F3N3O2S. The van der Waals surface area contributed by atoms with E-state index >= 15 is 0 Å². The number of alkyl halides is 3. The van der Waals surface area contributed by atoms with E-state index in [4.69, 9.17) is 4.74 Å². The first-order chi connectivity index (χ1) is 13.9. The monoisotopic (exact) mass is 419 g/mol. The molecule has 0 radical (unpaired) electrons. The predicted octanol–water partition coefficient (Wildman–Crippen LogP) is 5.33. The number of para-hydroxylation sites is 2. The maximum absolute atomic E-state index is 14.8. The summed E-state index contributed by atoms with van der Waals surface area (Å²) in [4.78, 5) is 19.4. The molecule has 4 aromatic rings. The third-order valence-electron chi connectivity index (χ3n) is 4.60. The number of thiazole rings is 1. The molecule has 2 aromatic carbocycles. The largest absolute Gasteiger partial charge is 0.450 e. The number of alkyl carbamates (subject to hydrolysis) is 1. The maximum Gasteiger partial charge on any atom is 0.422 e. The van der Waals surface area contributed by atoms with Crippen LogP contribution in [0.2, 0.25) is 0 Å². The van der Waals surface area contributed by atoms with Crippen LogP contribution >= 0.6 is 11.3 Å². The van der Waals surface area contributed by atoms with Crippen LogP contribution in [0.3, 0.4) is 0 Å². The van der Waals surface area contributed by atoms with Crippen LogP contribution in [0.4, 0.5) is 18.0 Å². The van der Waals surface area contributed by atoms with Gasteiger partial charge in [0, 0.05) is 22.7 Å². The molecule has 0 unspecified atom stereocenters. The Bertz CT molecular complexity index is 1150. The Hall–Kier alpha value is -3.07. The lowest BCUT2D eigenvalue weighted by molar-refractivity contribution is -0.185. The third-order valence-corrected chi connectivity index (χ3v) is 5.75. The number of hydrogen-bond acceptors (Lipinski definition) is 4. The Morgan fingerprint density at radius 3 is 2.62 bits per heavy atom. The zero-order valence-electron chi connectivity index (χ0n) is 15.2. The molecule has 2 N–H and O–H groups in total. The van der Waals surface area contributed by atoms with Crippen molar-refractivity contribution in [2.45, 2.75) is 18.6 Å². The van der Waals surface area contributed by atoms with Gasteiger partial charge in [-0.15, -0.1) is 11.3 Å². The summed E-state index contributed by atoms with van der Waals surface area (Å²) in [5, 5.41) is 2.13. The molecule has 29 heavy (non-hydrogen) atoms. The number of H-pyrrole nitrogens is 1. The summed E-state index contributed by atoms with van der Waals surface area (Å²) in [5.41, 5.74) is -2.08. The van der Waals surface area contributed by atoms with Crippen LogP contribution in [0.15, 0.2) is 54.7 Å². The SMILES string of the molecule is CCOC(=O)N[C@](c1nc2ccccc2s1)(c1c[nH]c2ccccc12)C(F)(F)F. The Morgan fingerprint density at radius 1 is 1.17 bits per heavy atom. The number of aromatic amines is 1. The number of nitrogens with one attached hydrogen (secondary N) is 2. The number of hydrogen-bond donors (Lipinski definition) is 2. The minimum absolute atomic E-state index is 0.0620. The summed E-state index contributed by atoms with van der Waals surface area (Å²) in [6.07, 6.45) is -4.80. The van der Waals surface area contributed by atoms with Crippen molar-refractivity contribution in [2.75, 3.05) is 6.61 Å². The fraction of sp³-hybridized carbons (Fsp3) is 0.200. The summed E-state index contributed by atoms with van der Waals surface area (Å²) < 4.78 is 49.7. The van der Waals surface area contributed by atoms with E-state index in [-0.39, 0.29) is 17.2 Å². The number of benzene rings is 2. The van der Waals surface area contributed by atoms with Crippen LogP contribution in [-0.4, -0.2) is 28.8 Å². The van der Waals surface area contributed by atoms with Crippen molar-refractivity contribution in [2.24, 2.45) is 0 Å². The number of aromatic nitrogens is 2. The van der Waals surface area contributed by atoms with Crippen molar-refractivity contribution in [3.8, 4) is 0 Å². The van der Waals surface area contributed by atoms with Crippen molar-refractivity contribution < 1.29 is 22.7 Å². The van der Waals surface area contributed by atoms with Crippen molar-refractivity contribution >= 4 is 38.5 Å². The van der Waals surface area contributed by atoms with Crippen molar-refractivity contribution in [3.05, 3.63) is 65.3 Å². The maximum atomic E-state index is 14.8. The van der Waals surface area contributed by atoms with Crippen LogP contribution in [0.1, 0.15) is 17.5 Å². The summed E-state index contributed by atoms with van der Waals surface area (Å²) in [6.45, 7) is 1.46. The van der Waals surface area contributed by atoms with E-state index in [1.165, 1.54) is 13.1 Å². The van der Waals surface area contributed by atoms with Gasteiger partial charge in [0.2, 0.25) is 5.54 Å². The normalized spacial score (nSPS) is 14.1. The molecule has 9 heteroatoms.